The van der Waals surface area contributed by atoms with E-state index in [1.807, 2.05) is 27.7 Å². The zero-order chi connectivity index (χ0) is 26.9. The number of hydrogen-bond donors (Lipinski definition) is 1. The smallest absolute Gasteiger partial charge is 0.300 e. The van der Waals surface area contributed by atoms with Crippen molar-refractivity contribution >= 4 is 23.1 Å². The fourth-order valence-corrected chi connectivity index (χ4v) is 4.53. The first-order valence-corrected chi connectivity index (χ1v) is 12.1. The van der Waals surface area contributed by atoms with Gasteiger partial charge >= 0.3 is 0 Å². The number of benzene rings is 3. The number of ketones is 1. The van der Waals surface area contributed by atoms with E-state index in [1.165, 1.54) is 30.2 Å². The van der Waals surface area contributed by atoms with Crippen molar-refractivity contribution in [1.82, 2.24) is 0 Å². The fourth-order valence-electron chi connectivity index (χ4n) is 4.53. The van der Waals surface area contributed by atoms with Gasteiger partial charge in [0, 0.05) is 22.4 Å². The van der Waals surface area contributed by atoms with Crippen molar-refractivity contribution in [3.05, 3.63) is 94.8 Å². The number of anilines is 1. The molecule has 6 nitrogen and oxygen atoms in total. The van der Waals surface area contributed by atoms with Crippen LogP contribution in [0.25, 0.3) is 5.76 Å². The molecular weight excluding hydrogens is 473 g/mol. The van der Waals surface area contributed by atoms with Gasteiger partial charge in [-0.05, 0) is 60.9 Å². The molecule has 3 aromatic rings. The highest BCUT2D eigenvalue weighted by Crippen LogP contribution is 2.44. The molecule has 1 N–H and O–H groups in total. The van der Waals surface area contributed by atoms with Crippen LogP contribution in [0.1, 0.15) is 50.4 Å². The van der Waals surface area contributed by atoms with Gasteiger partial charge in [0.2, 0.25) is 0 Å². The van der Waals surface area contributed by atoms with E-state index in [1.54, 1.807) is 48.5 Å². The van der Waals surface area contributed by atoms with E-state index in [-0.39, 0.29) is 22.3 Å². The number of methoxy groups -OCH3 is 1. The Labute approximate surface area is 215 Å². The second kappa shape index (κ2) is 10.1. The molecule has 4 rings (SSSR count). The number of ether oxygens (including phenoxy) is 2. The number of nitrogens with zero attached hydrogens (tertiary/aromatic N) is 1. The van der Waals surface area contributed by atoms with Crippen molar-refractivity contribution in [2.24, 2.45) is 0 Å². The molecule has 0 aliphatic carbocycles. The molecule has 1 aliphatic heterocycles. The molecule has 1 heterocycles. The molecule has 1 amide bonds. The maximum absolute atomic E-state index is 15.1. The van der Waals surface area contributed by atoms with Crippen LogP contribution in [-0.2, 0) is 15.0 Å². The average molecular weight is 504 g/mol. The molecule has 0 bridgehead atoms. The quantitative estimate of drug-likeness (QED) is 0.248. The van der Waals surface area contributed by atoms with Gasteiger partial charge in [0.15, 0.2) is 0 Å². The fraction of sp³-hybridized carbons (Fsp3) is 0.267. The van der Waals surface area contributed by atoms with E-state index in [0.29, 0.717) is 29.4 Å². The summed E-state index contributed by atoms with van der Waals surface area (Å²) in [5.74, 6) is -1.51. The second-order valence-electron chi connectivity index (χ2n) is 9.78. The van der Waals surface area contributed by atoms with Gasteiger partial charge < -0.3 is 14.6 Å². The van der Waals surface area contributed by atoms with Crippen LogP contribution in [-0.4, -0.2) is 30.5 Å². The molecule has 37 heavy (non-hydrogen) atoms. The lowest BCUT2D eigenvalue weighted by molar-refractivity contribution is -0.132. The Hall–Kier alpha value is -4.13. The minimum absolute atomic E-state index is 0.0982. The molecule has 0 spiro atoms. The maximum atomic E-state index is 15.1. The summed E-state index contributed by atoms with van der Waals surface area (Å²) in [7, 11) is 1.52. The Morgan fingerprint density at radius 3 is 2.30 bits per heavy atom. The summed E-state index contributed by atoms with van der Waals surface area (Å²) < 4.78 is 26.1. The van der Waals surface area contributed by atoms with Gasteiger partial charge in [-0.15, -0.1) is 0 Å². The number of aliphatic hydroxyl groups excluding tert-OH is 1. The third-order valence-electron chi connectivity index (χ3n) is 6.36. The Morgan fingerprint density at radius 1 is 1.03 bits per heavy atom. The predicted molar refractivity (Wildman–Crippen MR) is 140 cm³/mol. The van der Waals surface area contributed by atoms with E-state index >= 15 is 4.39 Å². The lowest BCUT2D eigenvalue weighted by atomic mass is 9.84. The standard InChI is InChI=1S/C30H30FNO5/c1-6-37-24-16-11-18(17-22(24)30(2,3)4)27(33)25-26(21-9-7-8-10-23(21)31)32(29(35)28(25)34)19-12-14-20(36-5)15-13-19/h7-17,26,33H,6H2,1-5H3/b27-25+. The van der Waals surface area contributed by atoms with E-state index < -0.39 is 23.5 Å². The molecule has 0 radical (unpaired) electrons. The number of halogens is 1. The summed E-state index contributed by atoms with van der Waals surface area (Å²) in [6.07, 6.45) is 0. The van der Waals surface area contributed by atoms with Gasteiger partial charge in [0.25, 0.3) is 11.7 Å². The molecule has 7 heteroatoms. The van der Waals surface area contributed by atoms with Crippen LogP contribution < -0.4 is 14.4 Å². The largest absolute Gasteiger partial charge is 0.507 e. The van der Waals surface area contributed by atoms with Crippen LogP contribution in [0, 0.1) is 5.82 Å². The number of rotatable bonds is 6. The van der Waals surface area contributed by atoms with Crippen molar-refractivity contribution in [3.63, 3.8) is 0 Å². The summed E-state index contributed by atoms with van der Waals surface area (Å²) in [4.78, 5) is 27.9. The Bertz CT molecular complexity index is 1370. The minimum Gasteiger partial charge on any atom is -0.507 e. The molecule has 0 saturated carbocycles. The van der Waals surface area contributed by atoms with E-state index in [4.69, 9.17) is 9.47 Å². The highest BCUT2D eigenvalue weighted by Gasteiger charge is 2.48. The Morgan fingerprint density at radius 2 is 1.70 bits per heavy atom. The molecule has 3 aromatic carbocycles. The van der Waals surface area contributed by atoms with Crippen LogP contribution in [0.5, 0.6) is 11.5 Å². The Balaban J connectivity index is 1.95. The number of carbonyl (C=O) groups is 2. The van der Waals surface area contributed by atoms with Crippen LogP contribution in [0.3, 0.4) is 0 Å². The lowest BCUT2D eigenvalue weighted by Gasteiger charge is -2.26. The first-order chi connectivity index (χ1) is 17.6. The summed E-state index contributed by atoms with van der Waals surface area (Å²) >= 11 is 0. The van der Waals surface area contributed by atoms with Gasteiger partial charge in [-0.3, -0.25) is 14.5 Å². The van der Waals surface area contributed by atoms with Gasteiger partial charge in [0.1, 0.15) is 23.1 Å². The van der Waals surface area contributed by atoms with Gasteiger partial charge in [-0.2, -0.15) is 0 Å². The lowest BCUT2D eigenvalue weighted by Crippen LogP contribution is -2.29. The number of Topliss-reactive ketones (excluding diaryl/α,β-unsaturated/α-hetero) is 1. The van der Waals surface area contributed by atoms with E-state index in [0.717, 1.165) is 5.56 Å². The minimum atomic E-state index is -1.17. The highest BCUT2D eigenvalue weighted by molar-refractivity contribution is 6.51. The summed E-state index contributed by atoms with van der Waals surface area (Å²) in [5, 5.41) is 11.5. The topological polar surface area (TPSA) is 76.1 Å². The van der Waals surface area contributed by atoms with Crippen LogP contribution >= 0.6 is 0 Å². The molecule has 192 valence electrons. The molecule has 1 aliphatic rings. The van der Waals surface area contributed by atoms with Crippen LogP contribution in [0.4, 0.5) is 10.1 Å². The molecule has 0 aromatic heterocycles. The normalized spacial score (nSPS) is 17.2. The summed E-state index contributed by atoms with van der Waals surface area (Å²) in [5.41, 5.74) is 1.11. The molecule has 1 atom stereocenters. The molecule has 1 saturated heterocycles. The number of hydrogen-bond acceptors (Lipinski definition) is 5. The van der Waals surface area contributed by atoms with Crippen LogP contribution in [0.15, 0.2) is 72.3 Å². The van der Waals surface area contributed by atoms with Crippen molar-refractivity contribution in [3.8, 4) is 11.5 Å². The molecule has 1 unspecified atom stereocenters. The predicted octanol–water partition coefficient (Wildman–Crippen LogP) is 6.16. The monoisotopic (exact) mass is 503 g/mol. The number of amides is 1. The summed E-state index contributed by atoms with van der Waals surface area (Å²) in [6, 6.07) is 16.4. The first-order valence-electron chi connectivity index (χ1n) is 12.1. The SMILES string of the molecule is CCOc1ccc(/C(O)=C2\C(=O)C(=O)N(c3ccc(OC)cc3)C2c2ccccc2F)cc1C(C)(C)C. The zero-order valence-corrected chi connectivity index (χ0v) is 21.5. The van der Waals surface area contributed by atoms with Crippen molar-refractivity contribution < 1.29 is 28.6 Å². The van der Waals surface area contributed by atoms with Crippen LogP contribution in [0.2, 0.25) is 0 Å². The zero-order valence-electron chi connectivity index (χ0n) is 21.5. The molecule has 1 fully saturated rings. The highest BCUT2D eigenvalue weighted by atomic mass is 19.1. The average Bonchev–Trinajstić information content (AvgIpc) is 3.13. The summed E-state index contributed by atoms with van der Waals surface area (Å²) in [6.45, 7) is 8.38. The first kappa shape index (κ1) is 25.9. The number of aliphatic hydroxyl groups is 1. The van der Waals surface area contributed by atoms with Gasteiger partial charge in [-0.1, -0.05) is 39.0 Å². The second-order valence-corrected chi connectivity index (χ2v) is 9.78. The van der Waals surface area contributed by atoms with Crippen molar-refractivity contribution in [1.29, 1.82) is 0 Å². The maximum Gasteiger partial charge on any atom is 0.300 e. The third kappa shape index (κ3) is 4.81. The van der Waals surface area contributed by atoms with Gasteiger partial charge in [0.05, 0.1) is 25.3 Å². The van der Waals surface area contributed by atoms with E-state index in [2.05, 4.69) is 0 Å². The van der Waals surface area contributed by atoms with Gasteiger partial charge in [-0.25, -0.2) is 4.39 Å². The van der Waals surface area contributed by atoms with E-state index in [9.17, 15) is 14.7 Å². The van der Waals surface area contributed by atoms with Crippen molar-refractivity contribution in [2.45, 2.75) is 39.2 Å². The van der Waals surface area contributed by atoms with Crippen molar-refractivity contribution in [2.75, 3.05) is 18.6 Å². The number of carbonyl (C=O) groups excluding carboxylic acids is 2. The Kier molecular flexibility index (Phi) is 7.07. The molecular formula is C30H30FNO5. The third-order valence-corrected chi connectivity index (χ3v) is 6.36.